The third-order valence-electron chi connectivity index (χ3n) is 4.20. The predicted octanol–water partition coefficient (Wildman–Crippen LogP) is 2.31. The minimum atomic E-state index is -0.178. The number of amides is 1. The molecule has 1 amide bonds. The molecule has 0 aromatic heterocycles. The summed E-state index contributed by atoms with van der Waals surface area (Å²) < 4.78 is 5.26. The summed E-state index contributed by atoms with van der Waals surface area (Å²) in [6.45, 7) is 9.01. The fraction of sp³-hybridized carbons (Fsp3) is 0.562. The van der Waals surface area contributed by atoms with Gasteiger partial charge in [-0.15, -0.1) is 0 Å². The lowest BCUT2D eigenvalue weighted by Crippen LogP contribution is -2.52. The molecular weight excluding hydrogens is 302 g/mol. The number of anilines is 1. The molecule has 1 fully saturated rings. The Hall–Kier alpha value is -1.30. The van der Waals surface area contributed by atoms with Crippen molar-refractivity contribution < 1.29 is 9.53 Å². The number of rotatable bonds is 5. The van der Waals surface area contributed by atoms with Gasteiger partial charge in [0.1, 0.15) is 5.75 Å². The second-order valence-electron chi connectivity index (χ2n) is 5.48. The molecule has 0 radical (unpaired) electrons. The number of ether oxygens (including phenoxy) is 1. The van der Waals surface area contributed by atoms with E-state index in [1.807, 2.05) is 6.92 Å². The van der Waals surface area contributed by atoms with E-state index in [1.54, 1.807) is 25.3 Å². The third kappa shape index (κ3) is 4.12. The zero-order valence-corrected chi connectivity index (χ0v) is 14.2. The number of methoxy groups -OCH3 is 1. The number of likely N-dealkylation sites (N-methyl/N-ethyl adjacent to an activating group) is 1. The minimum absolute atomic E-state index is 0.0366. The molecule has 0 unspecified atom stereocenters. The van der Waals surface area contributed by atoms with Crippen molar-refractivity contribution >= 4 is 23.2 Å². The molecule has 5 nitrogen and oxygen atoms in total. The summed E-state index contributed by atoms with van der Waals surface area (Å²) in [5.41, 5.74) is 0.610. The number of carbonyl (C=O) groups excluding carboxylic acids is 1. The van der Waals surface area contributed by atoms with Crippen molar-refractivity contribution in [1.29, 1.82) is 0 Å². The molecule has 1 saturated heterocycles. The summed E-state index contributed by atoms with van der Waals surface area (Å²) in [4.78, 5) is 17.1. The second-order valence-corrected chi connectivity index (χ2v) is 5.92. The van der Waals surface area contributed by atoms with Crippen molar-refractivity contribution in [3.63, 3.8) is 0 Å². The van der Waals surface area contributed by atoms with E-state index in [0.717, 1.165) is 32.7 Å². The molecule has 1 heterocycles. The first-order valence-corrected chi connectivity index (χ1v) is 8.03. The standard InChI is InChI=1S/C16H24ClN3O2/c1-4-19-7-9-20(10-8-19)12(2)16(21)18-14-11-13(17)5-6-15(14)22-3/h5-6,11-12H,4,7-10H2,1-3H3,(H,18,21)/t12-/m0/s1. The largest absolute Gasteiger partial charge is 0.495 e. The molecule has 0 bridgehead atoms. The van der Waals surface area contributed by atoms with E-state index in [-0.39, 0.29) is 11.9 Å². The lowest BCUT2D eigenvalue weighted by atomic mass is 10.2. The van der Waals surface area contributed by atoms with E-state index in [2.05, 4.69) is 22.0 Å². The Morgan fingerprint density at radius 2 is 2.05 bits per heavy atom. The Morgan fingerprint density at radius 3 is 2.64 bits per heavy atom. The number of nitrogens with one attached hydrogen (secondary N) is 1. The van der Waals surface area contributed by atoms with Crippen LogP contribution < -0.4 is 10.1 Å². The fourth-order valence-electron chi connectivity index (χ4n) is 2.65. The lowest BCUT2D eigenvalue weighted by molar-refractivity contribution is -0.121. The molecular formula is C16H24ClN3O2. The monoisotopic (exact) mass is 325 g/mol. The van der Waals surface area contributed by atoms with Crippen LogP contribution in [0.4, 0.5) is 5.69 Å². The van der Waals surface area contributed by atoms with Crippen molar-refractivity contribution in [2.45, 2.75) is 19.9 Å². The van der Waals surface area contributed by atoms with Crippen molar-refractivity contribution in [3.05, 3.63) is 23.2 Å². The number of hydrogen-bond donors (Lipinski definition) is 1. The van der Waals surface area contributed by atoms with Crippen LogP contribution in [0.5, 0.6) is 5.75 Å². The molecule has 122 valence electrons. The zero-order chi connectivity index (χ0) is 16.1. The zero-order valence-electron chi connectivity index (χ0n) is 13.4. The Kier molecular flexibility index (Phi) is 6.06. The molecule has 1 atom stereocenters. The summed E-state index contributed by atoms with van der Waals surface area (Å²) in [5, 5.41) is 3.49. The fourth-order valence-corrected chi connectivity index (χ4v) is 2.82. The van der Waals surface area contributed by atoms with Crippen LogP contribution in [-0.4, -0.2) is 61.6 Å². The van der Waals surface area contributed by atoms with Crippen LogP contribution in [-0.2, 0) is 4.79 Å². The van der Waals surface area contributed by atoms with Crippen molar-refractivity contribution in [2.75, 3.05) is 45.2 Å². The van der Waals surface area contributed by atoms with Crippen molar-refractivity contribution in [1.82, 2.24) is 9.80 Å². The number of piperazine rings is 1. The van der Waals surface area contributed by atoms with Crippen molar-refractivity contribution in [3.8, 4) is 5.75 Å². The molecule has 1 N–H and O–H groups in total. The molecule has 0 aliphatic carbocycles. The molecule has 0 spiro atoms. The Morgan fingerprint density at radius 1 is 1.36 bits per heavy atom. The summed E-state index contributed by atoms with van der Waals surface area (Å²) in [6, 6.07) is 5.02. The summed E-state index contributed by atoms with van der Waals surface area (Å²) in [6.07, 6.45) is 0. The van der Waals surface area contributed by atoms with Gasteiger partial charge in [-0.25, -0.2) is 0 Å². The third-order valence-corrected chi connectivity index (χ3v) is 4.44. The highest BCUT2D eigenvalue weighted by Crippen LogP contribution is 2.28. The molecule has 1 aromatic carbocycles. The van der Waals surface area contributed by atoms with Gasteiger partial charge in [0.15, 0.2) is 0 Å². The molecule has 1 aromatic rings. The molecule has 6 heteroatoms. The van der Waals surface area contributed by atoms with Gasteiger partial charge < -0.3 is 15.0 Å². The number of halogens is 1. The molecule has 22 heavy (non-hydrogen) atoms. The molecule has 1 aliphatic rings. The maximum Gasteiger partial charge on any atom is 0.241 e. The summed E-state index contributed by atoms with van der Waals surface area (Å²) in [7, 11) is 1.58. The van der Waals surface area contributed by atoms with Crippen LogP contribution >= 0.6 is 11.6 Å². The molecule has 0 saturated carbocycles. The maximum absolute atomic E-state index is 12.5. The highest BCUT2D eigenvalue weighted by atomic mass is 35.5. The molecule has 1 aliphatic heterocycles. The van der Waals surface area contributed by atoms with E-state index in [1.165, 1.54) is 0 Å². The van der Waals surface area contributed by atoms with Crippen LogP contribution in [0.25, 0.3) is 0 Å². The normalized spacial score (nSPS) is 18.0. The van der Waals surface area contributed by atoms with Gasteiger partial charge in [-0.05, 0) is 31.7 Å². The Bertz CT molecular complexity index is 516. The lowest BCUT2D eigenvalue weighted by Gasteiger charge is -2.36. The van der Waals surface area contributed by atoms with Gasteiger partial charge in [-0.1, -0.05) is 18.5 Å². The van der Waals surface area contributed by atoms with Gasteiger partial charge in [0.25, 0.3) is 0 Å². The first kappa shape index (κ1) is 17.1. The van der Waals surface area contributed by atoms with Crippen LogP contribution in [0.1, 0.15) is 13.8 Å². The van der Waals surface area contributed by atoms with E-state index >= 15 is 0 Å². The highest BCUT2D eigenvalue weighted by molar-refractivity contribution is 6.31. The summed E-state index contributed by atoms with van der Waals surface area (Å²) in [5.74, 6) is 0.575. The van der Waals surface area contributed by atoms with Crippen LogP contribution in [0, 0.1) is 0 Å². The minimum Gasteiger partial charge on any atom is -0.495 e. The smallest absolute Gasteiger partial charge is 0.241 e. The van der Waals surface area contributed by atoms with E-state index in [9.17, 15) is 4.79 Å². The quantitative estimate of drug-likeness (QED) is 0.902. The van der Waals surface area contributed by atoms with Crippen LogP contribution in [0.3, 0.4) is 0 Å². The van der Waals surface area contributed by atoms with Gasteiger partial charge >= 0.3 is 0 Å². The first-order valence-electron chi connectivity index (χ1n) is 7.66. The van der Waals surface area contributed by atoms with Crippen molar-refractivity contribution in [2.24, 2.45) is 0 Å². The van der Waals surface area contributed by atoms with Gasteiger partial charge in [0.2, 0.25) is 5.91 Å². The highest BCUT2D eigenvalue weighted by Gasteiger charge is 2.25. The van der Waals surface area contributed by atoms with Crippen LogP contribution in [0.15, 0.2) is 18.2 Å². The number of benzene rings is 1. The van der Waals surface area contributed by atoms with E-state index < -0.39 is 0 Å². The van der Waals surface area contributed by atoms with E-state index in [4.69, 9.17) is 16.3 Å². The SMILES string of the molecule is CCN1CCN([C@@H](C)C(=O)Nc2cc(Cl)ccc2OC)CC1. The van der Waals surface area contributed by atoms with E-state index in [0.29, 0.717) is 16.5 Å². The second kappa shape index (κ2) is 7.81. The van der Waals surface area contributed by atoms with Gasteiger partial charge in [-0.3, -0.25) is 9.69 Å². The predicted molar refractivity (Wildman–Crippen MR) is 89.8 cm³/mol. The topological polar surface area (TPSA) is 44.8 Å². The average Bonchev–Trinajstić information content (AvgIpc) is 2.54. The maximum atomic E-state index is 12.5. The number of nitrogens with zero attached hydrogens (tertiary/aromatic N) is 2. The Balaban J connectivity index is 1.98. The Labute approximate surface area is 137 Å². The first-order chi connectivity index (χ1) is 10.5. The van der Waals surface area contributed by atoms with Gasteiger partial charge in [0, 0.05) is 31.2 Å². The average molecular weight is 326 g/mol. The van der Waals surface area contributed by atoms with Crippen LogP contribution in [0.2, 0.25) is 5.02 Å². The molecule has 2 rings (SSSR count). The number of carbonyl (C=O) groups is 1. The van der Waals surface area contributed by atoms with Gasteiger partial charge in [0.05, 0.1) is 18.8 Å². The number of hydrogen-bond acceptors (Lipinski definition) is 4. The van der Waals surface area contributed by atoms with Gasteiger partial charge in [-0.2, -0.15) is 0 Å². The summed E-state index contributed by atoms with van der Waals surface area (Å²) >= 11 is 5.99.